The predicted molar refractivity (Wildman–Crippen MR) is 128 cm³/mol. The van der Waals surface area contributed by atoms with Gasteiger partial charge in [-0.1, -0.05) is 30.1 Å². The van der Waals surface area contributed by atoms with Crippen LogP contribution < -0.4 is 10.4 Å². The Morgan fingerprint density at radius 1 is 1.27 bits per heavy atom. The lowest BCUT2D eigenvalue weighted by Crippen LogP contribution is -2.61. The Hall–Kier alpha value is -1.12. The van der Waals surface area contributed by atoms with Crippen molar-refractivity contribution >= 4 is 67.8 Å². The molecular formula is C21H24BrCl2N4OS+. The average molecular weight is 531 g/mol. The zero-order chi connectivity index (χ0) is 21.5. The molecule has 1 fully saturated rings. The first-order valence-corrected chi connectivity index (χ1v) is 12.4. The summed E-state index contributed by atoms with van der Waals surface area (Å²) in [5.74, 6) is -0.209. The van der Waals surface area contributed by atoms with Gasteiger partial charge in [-0.15, -0.1) is 11.3 Å². The van der Waals surface area contributed by atoms with E-state index in [1.807, 2.05) is 16.5 Å². The maximum absolute atomic E-state index is 13.3. The highest BCUT2D eigenvalue weighted by molar-refractivity contribution is 9.10. The van der Waals surface area contributed by atoms with E-state index in [0.717, 1.165) is 41.0 Å². The van der Waals surface area contributed by atoms with E-state index in [2.05, 4.69) is 41.4 Å². The second-order valence-electron chi connectivity index (χ2n) is 8.17. The fourth-order valence-corrected chi connectivity index (χ4v) is 6.36. The molecule has 1 aromatic carbocycles. The second-order valence-corrected chi connectivity index (χ2v) is 10.9. The van der Waals surface area contributed by atoms with Crippen LogP contribution in [0.2, 0.25) is 10.0 Å². The van der Waals surface area contributed by atoms with Crippen molar-refractivity contribution in [3.8, 4) is 0 Å². The van der Waals surface area contributed by atoms with E-state index in [1.165, 1.54) is 6.42 Å². The number of hydrogen-bond acceptors (Lipinski definition) is 4. The molecule has 2 aromatic rings. The van der Waals surface area contributed by atoms with Gasteiger partial charge in [0.2, 0.25) is 0 Å². The number of anilines is 1. The SMILES string of the molecule is C[C@H]1C(C(=O)N[N+]2(C)CCCCC2)=NN(c2ccc(Cl)cc2Cl)[C@H]1c1cc(Br)cs1. The van der Waals surface area contributed by atoms with E-state index >= 15 is 0 Å². The Balaban J connectivity index is 1.69. The van der Waals surface area contributed by atoms with Gasteiger partial charge in [-0.25, -0.2) is 4.59 Å². The first kappa shape index (κ1) is 22.1. The number of carbonyl (C=O) groups is 1. The molecule has 30 heavy (non-hydrogen) atoms. The summed E-state index contributed by atoms with van der Waals surface area (Å²) in [6.07, 6.45) is 3.47. The van der Waals surface area contributed by atoms with Gasteiger partial charge in [0, 0.05) is 25.7 Å². The first-order chi connectivity index (χ1) is 14.3. The van der Waals surface area contributed by atoms with E-state index in [0.29, 0.717) is 20.3 Å². The van der Waals surface area contributed by atoms with Gasteiger partial charge in [-0.2, -0.15) is 10.5 Å². The van der Waals surface area contributed by atoms with Crippen LogP contribution in [-0.2, 0) is 4.79 Å². The van der Waals surface area contributed by atoms with Crippen molar-refractivity contribution in [2.45, 2.75) is 32.2 Å². The summed E-state index contributed by atoms with van der Waals surface area (Å²) >= 11 is 17.8. The molecule has 4 rings (SSSR count). The summed E-state index contributed by atoms with van der Waals surface area (Å²) in [6.45, 7) is 3.94. The van der Waals surface area contributed by atoms with Crippen LogP contribution in [0.1, 0.15) is 37.1 Å². The number of likely N-dealkylation sites (tertiary alicyclic amines) is 1. The Bertz CT molecular complexity index is 989. The smallest absolute Gasteiger partial charge is 0.263 e. The maximum atomic E-state index is 13.3. The molecule has 1 N–H and O–H groups in total. The number of thiophene rings is 1. The molecule has 1 saturated heterocycles. The number of hydrazone groups is 1. The molecule has 1 amide bonds. The van der Waals surface area contributed by atoms with Crippen molar-refractivity contribution in [3.63, 3.8) is 0 Å². The molecule has 0 unspecified atom stereocenters. The molecule has 3 heterocycles. The van der Waals surface area contributed by atoms with E-state index < -0.39 is 0 Å². The molecule has 5 nitrogen and oxygen atoms in total. The third kappa shape index (κ3) is 4.41. The highest BCUT2D eigenvalue weighted by Crippen LogP contribution is 2.44. The third-order valence-electron chi connectivity index (χ3n) is 5.83. The summed E-state index contributed by atoms with van der Waals surface area (Å²) < 4.78 is 1.57. The zero-order valence-electron chi connectivity index (χ0n) is 16.9. The van der Waals surface area contributed by atoms with Crippen LogP contribution in [0.3, 0.4) is 0 Å². The minimum atomic E-state index is -0.118. The number of benzene rings is 1. The van der Waals surface area contributed by atoms with Crippen LogP contribution in [0.15, 0.2) is 39.2 Å². The lowest BCUT2D eigenvalue weighted by molar-refractivity contribution is -0.947. The highest BCUT2D eigenvalue weighted by atomic mass is 79.9. The number of nitrogens with one attached hydrogen (secondary N) is 1. The van der Waals surface area contributed by atoms with Crippen molar-refractivity contribution in [1.82, 2.24) is 5.43 Å². The van der Waals surface area contributed by atoms with Gasteiger partial charge in [-0.3, -0.25) is 9.80 Å². The molecule has 160 valence electrons. The number of rotatable bonds is 4. The molecule has 2 atom stereocenters. The monoisotopic (exact) mass is 529 g/mol. The highest BCUT2D eigenvalue weighted by Gasteiger charge is 2.42. The zero-order valence-corrected chi connectivity index (χ0v) is 20.8. The normalized spacial score (nSPS) is 23.4. The van der Waals surface area contributed by atoms with Gasteiger partial charge < -0.3 is 0 Å². The van der Waals surface area contributed by atoms with E-state index in [1.54, 1.807) is 23.5 Å². The molecule has 9 heteroatoms. The van der Waals surface area contributed by atoms with E-state index in [4.69, 9.17) is 28.3 Å². The van der Waals surface area contributed by atoms with Crippen molar-refractivity contribution in [1.29, 1.82) is 0 Å². The fourth-order valence-electron chi connectivity index (χ4n) is 4.23. The number of carbonyl (C=O) groups excluding carboxylic acids is 1. The minimum absolute atomic E-state index is 0.0984. The van der Waals surface area contributed by atoms with E-state index in [9.17, 15) is 4.79 Å². The molecule has 0 aliphatic carbocycles. The van der Waals surface area contributed by atoms with Crippen molar-refractivity contribution < 1.29 is 9.39 Å². The summed E-state index contributed by atoms with van der Waals surface area (Å²) in [7, 11) is 2.08. The average Bonchev–Trinajstić information content (AvgIpc) is 3.25. The van der Waals surface area contributed by atoms with Crippen molar-refractivity contribution in [3.05, 3.63) is 49.0 Å². The Morgan fingerprint density at radius 2 is 2.00 bits per heavy atom. The number of quaternary nitrogens is 1. The topological polar surface area (TPSA) is 44.7 Å². The number of hydrogen-bond donors (Lipinski definition) is 1. The molecule has 0 spiro atoms. The first-order valence-electron chi connectivity index (χ1n) is 10.0. The lowest BCUT2D eigenvalue weighted by Gasteiger charge is -2.36. The predicted octanol–water partition coefficient (Wildman–Crippen LogP) is 6.03. The molecule has 0 bridgehead atoms. The van der Waals surface area contributed by atoms with Gasteiger partial charge in [0.25, 0.3) is 0 Å². The maximum Gasteiger partial charge on any atom is 0.312 e. The van der Waals surface area contributed by atoms with Crippen LogP contribution in [-0.4, -0.2) is 36.3 Å². The van der Waals surface area contributed by atoms with Crippen LogP contribution in [0.4, 0.5) is 5.69 Å². The van der Waals surface area contributed by atoms with Crippen LogP contribution in [0.5, 0.6) is 0 Å². The summed E-state index contributed by atoms with van der Waals surface area (Å²) in [4.78, 5) is 14.4. The Morgan fingerprint density at radius 3 is 2.63 bits per heavy atom. The number of halogens is 3. The van der Waals surface area contributed by atoms with Gasteiger partial charge >= 0.3 is 5.91 Å². The molecule has 0 radical (unpaired) electrons. The van der Waals surface area contributed by atoms with Gasteiger partial charge in [0.15, 0.2) is 0 Å². The molecular weight excluding hydrogens is 507 g/mol. The minimum Gasteiger partial charge on any atom is -0.263 e. The standard InChI is InChI=1S/C21H23BrCl2N4OS/c1-13-19(21(29)26-28(2)8-4-3-5-9-28)25-27(17-7-6-15(23)11-16(17)24)20(13)18-10-14(22)12-30-18/h6-7,10-13,20H,3-5,8-9H2,1-2H3/p+1/t13-,20+/m0/s1. The van der Waals surface area contributed by atoms with Crippen molar-refractivity contribution in [2.75, 3.05) is 25.1 Å². The van der Waals surface area contributed by atoms with Gasteiger partial charge in [0.05, 0.1) is 23.8 Å². The summed E-state index contributed by atoms with van der Waals surface area (Å²) in [5, 5.41) is 9.77. The molecule has 1 aromatic heterocycles. The van der Waals surface area contributed by atoms with Crippen LogP contribution in [0.25, 0.3) is 0 Å². The lowest BCUT2D eigenvalue weighted by atomic mass is 9.95. The van der Waals surface area contributed by atoms with Gasteiger partial charge in [-0.05, 0) is 59.5 Å². The second kappa shape index (κ2) is 8.79. The summed E-state index contributed by atoms with van der Waals surface area (Å²) in [5.41, 5.74) is 4.49. The van der Waals surface area contributed by atoms with E-state index in [-0.39, 0.29) is 17.9 Å². The molecule has 2 aliphatic heterocycles. The van der Waals surface area contributed by atoms with Crippen LogP contribution >= 0.6 is 50.5 Å². The quantitative estimate of drug-likeness (QED) is 0.490. The number of nitrogens with zero attached hydrogens (tertiary/aromatic N) is 3. The van der Waals surface area contributed by atoms with Crippen molar-refractivity contribution in [2.24, 2.45) is 11.0 Å². The largest absolute Gasteiger partial charge is 0.312 e. The Labute approximate surface area is 199 Å². The molecule has 0 saturated carbocycles. The third-order valence-corrected chi connectivity index (χ3v) is 8.13. The van der Waals surface area contributed by atoms with Crippen LogP contribution in [0, 0.1) is 5.92 Å². The van der Waals surface area contributed by atoms with Gasteiger partial charge in [0.1, 0.15) is 18.8 Å². The fraction of sp³-hybridized carbons (Fsp3) is 0.429. The Kier molecular flexibility index (Phi) is 6.47. The number of amides is 1. The molecule has 2 aliphatic rings. The summed E-state index contributed by atoms with van der Waals surface area (Å²) in [6, 6.07) is 7.32. The number of piperidine rings is 1.